The molecule has 0 atom stereocenters. The summed E-state index contributed by atoms with van der Waals surface area (Å²) in [6.07, 6.45) is 4.59. The Labute approximate surface area is 72.5 Å². The number of hydrogen-bond donors (Lipinski definition) is 1. The van der Waals surface area contributed by atoms with Gasteiger partial charge in [0.2, 0.25) is 9.84 Å². The molecule has 4 heteroatoms. The van der Waals surface area contributed by atoms with Crippen molar-refractivity contribution >= 4 is 15.4 Å². The van der Waals surface area contributed by atoms with Crippen LogP contribution >= 0.6 is 0 Å². The largest absolute Gasteiger partial charge is 0.297 e. The van der Waals surface area contributed by atoms with Crippen LogP contribution in [0.1, 0.15) is 6.92 Å². The summed E-state index contributed by atoms with van der Waals surface area (Å²) >= 11 is 0. The van der Waals surface area contributed by atoms with Crippen LogP contribution in [0.25, 0.3) is 0 Å². The number of sulfone groups is 1. The summed E-state index contributed by atoms with van der Waals surface area (Å²) in [7, 11) is -3.44. The maximum absolute atomic E-state index is 10.7. The Bertz CT molecular complexity index is 323. The first-order valence-electron chi connectivity index (χ1n) is 3.24. The van der Waals surface area contributed by atoms with Crippen LogP contribution < -0.4 is 0 Å². The van der Waals surface area contributed by atoms with Crippen molar-refractivity contribution in [2.45, 2.75) is 6.92 Å². The van der Waals surface area contributed by atoms with Gasteiger partial charge in [-0.15, -0.1) is 0 Å². The van der Waals surface area contributed by atoms with Gasteiger partial charge in [0.25, 0.3) is 0 Å². The monoisotopic (exact) mass is 185 g/mol. The number of allylic oxidation sites excluding steroid dienone is 4. The van der Waals surface area contributed by atoms with Gasteiger partial charge in [-0.2, -0.15) is 0 Å². The van der Waals surface area contributed by atoms with Crippen LogP contribution in [0, 0.1) is 5.41 Å². The van der Waals surface area contributed by atoms with E-state index in [1.165, 1.54) is 6.08 Å². The third-order valence-corrected chi connectivity index (χ3v) is 1.79. The second-order valence-corrected chi connectivity index (χ2v) is 3.93. The van der Waals surface area contributed by atoms with Gasteiger partial charge in [-0.05, 0) is 6.92 Å². The zero-order valence-electron chi connectivity index (χ0n) is 6.82. The van der Waals surface area contributed by atoms with Crippen molar-refractivity contribution in [3.8, 4) is 0 Å². The molecular weight excluding hydrogens is 174 g/mol. The molecule has 0 unspecified atom stereocenters. The summed E-state index contributed by atoms with van der Waals surface area (Å²) in [5.74, 6) is 0. The van der Waals surface area contributed by atoms with E-state index < -0.39 is 9.84 Å². The minimum Gasteiger partial charge on any atom is -0.297 e. The minimum atomic E-state index is -3.44. The Kier molecular flexibility index (Phi) is 4.21. The molecule has 0 aliphatic carbocycles. The normalized spacial score (nSPS) is 12.4. The van der Waals surface area contributed by atoms with Crippen molar-refractivity contribution in [2.75, 3.05) is 0 Å². The third kappa shape index (κ3) is 5.61. The van der Waals surface area contributed by atoms with Gasteiger partial charge in [0.1, 0.15) is 5.55 Å². The summed E-state index contributed by atoms with van der Waals surface area (Å²) in [6, 6.07) is 0. The van der Waals surface area contributed by atoms with E-state index in [0.717, 1.165) is 11.0 Å². The standard InChI is InChI=1S/C8H11NO2S/c1-8(2)5-3-4-6-12(10,11)7-9/h3-7,9H,1H2,2H3/b5-3-,6-4+,9-7?. The summed E-state index contributed by atoms with van der Waals surface area (Å²) in [4.78, 5) is 0. The zero-order chi connectivity index (χ0) is 9.61. The molecule has 0 aliphatic rings. The van der Waals surface area contributed by atoms with Gasteiger partial charge in [-0.3, -0.25) is 5.41 Å². The first-order valence-corrected chi connectivity index (χ1v) is 4.85. The van der Waals surface area contributed by atoms with E-state index in [1.54, 1.807) is 19.1 Å². The lowest BCUT2D eigenvalue weighted by Crippen LogP contribution is -1.92. The van der Waals surface area contributed by atoms with Crippen molar-refractivity contribution in [1.82, 2.24) is 0 Å². The van der Waals surface area contributed by atoms with E-state index in [2.05, 4.69) is 6.58 Å². The highest BCUT2D eigenvalue weighted by Crippen LogP contribution is 1.91. The molecule has 0 aliphatic heterocycles. The van der Waals surface area contributed by atoms with Crippen LogP contribution in [-0.2, 0) is 9.84 Å². The molecule has 0 heterocycles. The SMILES string of the molecule is C=C(C)/C=C\C=C\S(=O)(=O)C=N. The first-order chi connectivity index (χ1) is 5.48. The molecule has 1 N–H and O–H groups in total. The summed E-state index contributed by atoms with van der Waals surface area (Å²) in [5.41, 5.74) is 1.24. The van der Waals surface area contributed by atoms with Crippen LogP contribution in [-0.4, -0.2) is 14.0 Å². The molecular formula is C8H11NO2S. The smallest absolute Gasteiger partial charge is 0.209 e. The molecule has 0 aromatic carbocycles. The van der Waals surface area contributed by atoms with E-state index in [-0.39, 0.29) is 0 Å². The number of rotatable bonds is 4. The lowest BCUT2D eigenvalue weighted by Gasteiger charge is -1.83. The maximum Gasteiger partial charge on any atom is 0.209 e. The molecule has 0 rings (SSSR count). The van der Waals surface area contributed by atoms with Gasteiger partial charge >= 0.3 is 0 Å². The molecule has 3 nitrogen and oxygen atoms in total. The molecule has 0 aromatic heterocycles. The highest BCUT2D eigenvalue weighted by Gasteiger charge is 1.95. The highest BCUT2D eigenvalue weighted by molar-refractivity contribution is 8.06. The van der Waals surface area contributed by atoms with Gasteiger partial charge in [-0.1, -0.05) is 30.4 Å². The Hall–Kier alpha value is -1.16. The van der Waals surface area contributed by atoms with Gasteiger partial charge in [-0.25, -0.2) is 8.42 Å². The van der Waals surface area contributed by atoms with Crippen molar-refractivity contribution in [1.29, 1.82) is 5.41 Å². The second kappa shape index (κ2) is 4.66. The van der Waals surface area contributed by atoms with Gasteiger partial charge in [0.15, 0.2) is 0 Å². The van der Waals surface area contributed by atoms with Crippen LogP contribution in [0.3, 0.4) is 0 Å². The van der Waals surface area contributed by atoms with Gasteiger partial charge in [0.05, 0.1) is 0 Å². The van der Waals surface area contributed by atoms with E-state index in [4.69, 9.17) is 5.41 Å². The van der Waals surface area contributed by atoms with Gasteiger partial charge in [0, 0.05) is 5.41 Å². The lowest BCUT2D eigenvalue weighted by molar-refractivity contribution is 0.615. The predicted octanol–water partition coefficient (Wildman–Crippen LogP) is 1.65. The molecule has 0 bridgehead atoms. The van der Waals surface area contributed by atoms with Crippen molar-refractivity contribution < 1.29 is 8.42 Å². The van der Waals surface area contributed by atoms with Crippen LogP contribution in [0.4, 0.5) is 0 Å². The molecule has 0 amide bonds. The molecule has 0 saturated heterocycles. The average molecular weight is 185 g/mol. The Morgan fingerprint density at radius 2 is 2.00 bits per heavy atom. The minimum absolute atomic E-state index is 0.401. The molecule has 66 valence electrons. The molecule has 0 aromatic rings. The first kappa shape index (κ1) is 10.8. The Morgan fingerprint density at radius 1 is 1.42 bits per heavy atom. The fourth-order valence-corrected chi connectivity index (χ4v) is 0.802. The van der Waals surface area contributed by atoms with Crippen molar-refractivity contribution in [2.24, 2.45) is 0 Å². The zero-order valence-corrected chi connectivity index (χ0v) is 7.64. The number of hydrogen-bond acceptors (Lipinski definition) is 3. The highest BCUT2D eigenvalue weighted by atomic mass is 32.2. The van der Waals surface area contributed by atoms with Crippen LogP contribution in [0.5, 0.6) is 0 Å². The Morgan fingerprint density at radius 3 is 2.42 bits per heavy atom. The summed E-state index contributed by atoms with van der Waals surface area (Å²) in [5, 5.41) is 7.48. The molecule has 0 saturated carbocycles. The quantitative estimate of drug-likeness (QED) is 0.411. The molecule has 0 radical (unpaired) electrons. The number of nitrogens with one attached hydrogen (secondary N) is 1. The molecule has 0 fully saturated rings. The topological polar surface area (TPSA) is 58.0 Å². The van der Waals surface area contributed by atoms with Crippen molar-refractivity contribution in [3.05, 3.63) is 35.8 Å². The average Bonchev–Trinajstić information content (AvgIpc) is 1.98. The van der Waals surface area contributed by atoms with E-state index >= 15 is 0 Å². The second-order valence-electron chi connectivity index (χ2n) is 2.24. The van der Waals surface area contributed by atoms with Crippen molar-refractivity contribution in [3.63, 3.8) is 0 Å². The summed E-state index contributed by atoms with van der Waals surface area (Å²) < 4.78 is 21.3. The fourth-order valence-electron chi connectivity index (χ4n) is 0.414. The predicted molar refractivity (Wildman–Crippen MR) is 50.8 cm³/mol. The molecule has 0 spiro atoms. The van der Waals surface area contributed by atoms with Crippen LogP contribution in [0.15, 0.2) is 35.8 Å². The van der Waals surface area contributed by atoms with Crippen LogP contribution in [0.2, 0.25) is 0 Å². The third-order valence-electron chi connectivity index (χ3n) is 0.924. The lowest BCUT2D eigenvalue weighted by atomic mass is 10.3. The van der Waals surface area contributed by atoms with E-state index in [1.807, 2.05) is 0 Å². The van der Waals surface area contributed by atoms with Gasteiger partial charge < -0.3 is 0 Å². The molecule has 12 heavy (non-hydrogen) atoms. The maximum atomic E-state index is 10.7. The van der Waals surface area contributed by atoms with E-state index in [9.17, 15) is 8.42 Å². The fraction of sp³-hybridized carbons (Fsp3) is 0.125. The summed E-state index contributed by atoms with van der Waals surface area (Å²) in [6.45, 7) is 5.40. The van der Waals surface area contributed by atoms with E-state index in [0.29, 0.717) is 5.55 Å². The Balaban J connectivity index is 4.29.